The highest BCUT2D eigenvalue weighted by molar-refractivity contribution is 6.30. The highest BCUT2D eigenvalue weighted by Crippen LogP contribution is 2.09. The van der Waals surface area contributed by atoms with Crippen LogP contribution < -0.4 is 10.9 Å². The molecule has 1 heterocycles. The second kappa shape index (κ2) is 2.86. The van der Waals surface area contributed by atoms with Gasteiger partial charge in [-0.3, -0.25) is 5.01 Å². The van der Waals surface area contributed by atoms with Crippen LogP contribution >= 0.6 is 11.6 Å². The minimum absolute atomic E-state index is 0.616. The Morgan fingerprint density at radius 1 is 1.60 bits per heavy atom. The van der Waals surface area contributed by atoms with E-state index in [9.17, 15) is 0 Å². The molecule has 1 aromatic heterocycles. The van der Waals surface area contributed by atoms with Crippen molar-refractivity contribution in [3.63, 3.8) is 0 Å². The number of pyridine rings is 1. The second-order valence-electron chi connectivity index (χ2n) is 1.95. The standard InChI is InChI=1S/C6H8ClN3/c1-10(8)6-3-2-5(7)4-9-6/h2-4H,8H2,1H3. The Morgan fingerprint density at radius 2 is 2.30 bits per heavy atom. The number of nitrogens with two attached hydrogens (primary N) is 1. The molecular formula is C6H8ClN3. The normalized spacial score (nSPS) is 9.50. The average Bonchev–Trinajstić information content (AvgIpc) is 1.88. The molecule has 0 bridgehead atoms. The Bertz CT molecular complexity index is 207. The number of hydrazine groups is 1. The van der Waals surface area contributed by atoms with Gasteiger partial charge in [0.2, 0.25) is 0 Å². The Hall–Kier alpha value is -0.800. The summed E-state index contributed by atoms with van der Waals surface area (Å²) in [6.45, 7) is 0. The largest absolute Gasteiger partial charge is 0.298 e. The monoisotopic (exact) mass is 157 g/mol. The first kappa shape index (κ1) is 7.31. The smallest absolute Gasteiger partial charge is 0.142 e. The van der Waals surface area contributed by atoms with E-state index < -0.39 is 0 Å². The topological polar surface area (TPSA) is 42.1 Å². The number of halogens is 1. The summed E-state index contributed by atoms with van der Waals surface area (Å²) in [6, 6.07) is 3.50. The van der Waals surface area contributed by atoms with Crippen molar-refractivity contribution < 1.29 is 0 Å². The molecule has 1 aromatic rings. The van der Waals surface area contributed by atoms with E-state index in [-0.39, 0.29) is 0 Å². The molecule has 0 aliphatic carbocycles. The average molecular weight is 158 g/mol. The number of rotatable bonds is 1. The summed E-state index contributed by atoms with van der Waals surface area (Å²) in [5, 5.41) is 2.04. The lowest BCUT2D eigenvalue weighted by molar-refractivity contribution is 0.977. The van der Waals surface area contributed by atoms with Crippen LogP contribution in [0.1, 0.15) is 0 Å². The minimum Gasteiger partial charge on any atom is -0.298 e. The van der Waals surface area contributed by atoms with Gasteiger partial charge >= 0.3 is 0 Å². The maximum absolute atomic E-state index is 5.59. The molecule has 3 nitrogen and oxygen atoms in total. The van der Waals surface area contributed by atoms with Crippen LogP contribution in [0.3, 0.4) is 0 Å². The van der Waals surface area contributed by atoms with Crippen molar-refractivity contribution in [3.8, 4) is 0 Å². The first-order valence-electron chi connectivity index (χ1n) is 2.80. The van der Waals surface area contributed by atoms with Crippen LogP contribution in [0.5, 0.6) is 0 Å². The SMILES string of the molecule is CN(N)c1ccc(Cl)cn1. The molecule has 0 unspecified atom stereocenters. The minimum atomic E-state index is 0.616. The van der Waals surface area contributed by atoms with Crippen LogP contribution in [0.2, 0.25) is 5.02 Å². The molecule has 0 fully saturated rings. The zero-order valence-corrected chi connectivity index (χ0v) is 6.34. The predicted molar refractivity (Wildman–Crippen MR) is 41.8 cm³/mol. The van der Waals surface area contributed by atoms with Crippen molar-refractivity contribution in [2.75, 3.05) is 12.1 Å². The molecule has 0 aliphatic rings. The van der Waals surface area contributed by atoms with Gasteiger partial charge in [-0.15, -0.1) is 0 Å². The molecule has 2 N–H and O–H groups in total. The summed E-state index contributed by atoms with van der Waals surface area (Å²) in [5.41, 5.74) is 0. The van der Waals surface area contributed by atoms with Gasteiger partial charge in [0.1, 0.15) is 5.82 Å². The molecule has 4 heteroatoms. The van der Waals surface area contributed by atoms with E-state index in [1.54, 1.807) is 25.4 Å². The molecular weight excluding hydrogens is 150 g/mol. The molecule has 0 saturated heterocycles. The quantitative estimate of drug-likeness (QED) is 0.490. The van der Waals surface area contributed by atoms with Gasteiger partial charge in [-0.2, -0.15) is 0 Å². The first-order chi connectivity index (χ1) is 4.70. The van der Waals surface area contributed by atoms with Gasteiger partial charge in [0, 0.05) is 13.2 Å². The van der Waals surface area contributed by atoms with Crippen LogP contribution in [-0.2, 0) is 0 Å². The lowest BCUT2D eigenvalue weighted by Gasteiger charge is -2.09. The van der Waals surface area contributed by atoms with Gasteiger partial charge in [0.25, 0.3) is 0 Å². The van der Waals surface area contributed by atoms with Crippen molar-refractivity contribution in [2.24, 2.45) is 5.84 Å². The van der Waals surface area contributed by atoms with E-state index in [0.717, 1.165) is 0 Å². The van der Waals surface area contributed by atoms with Gasteiger partial charge in [-0.1, -0.05) is 11.6 Å². The number of anilines is 1. The van der Waals surface area contributed by atoms with Gasteiger partial charge in [-0.25, -0.2) is 10.8 Å². The zero-order valence-electron chi connectivity index (χ0n) is 5.58. The summed E-state index contributed by atoms with van der Waals surface area (Å²) in [4.78, 5) is 3.95. The molecule has 10 heavy (non-hydrogen) atoms. The third kappa shape index (κ3) is 1.59. The van der Waals surface area contributed by atoms with Crippen molar-refractivity contribution in [1.29, 1.82) is 0 Å². The molecule has 0 aliphatic heterocycles. The van der Waals surface area contributed by atoms with E-state index in [4.69, 9.17) is 17.4 Å². The molecule has 0 spiro atoms. The Balaban J connectivity index is 2.89. The maximum Gasteiger partial charge on any atom is 0.142 e. The predicted octanol–water partition coefficient (Wildman–Crippen LogP) is 1.04. The van der Waals surface area contributed by atoms with Gasteiger partial charge in [0.05, 0.1) is 5.02 Å². The third-order valence-electron chi connectivity index (χ3n) is 1.07. The molecule has 54 valence electrons. The molecule has 0 radical (unpaired) electrons. The van der Waals surface area contributed by atoms with Crippen LogP contribution in [0.4, 0.5) is 5.82 Å². The van der Waals surface area contributed by atoms with E-state index in [0.29, 0.717) is 10.8 Å². The second-order valence-corrected chi connectivity index (χ2v) is 2.38. The number of hydrogen-bond acceptors (Lipinski definition) is 3. The van der Waals surface area contributed by atoms with Gasteiger partial charge in [0.15, 0.2) is 0 Å². The zero-order chi connectivity index (χ0) is 7.56. The summed E-state index contributed by atoms with van der Waals surface area (Å²) in [7, 11) is 1.72. The lowest BCUT2D eigenvalue weighted by Crippen LogP contribution is -2.25. The Morgan fingerprint density at radius 3 is 2.70 bits per heavy atom. The Labute approximate surface area is 64.4 Å². The first-order valence-corrected chi connectivity index (χ1v) is 3.18. The fraction of sp³-hybridized carbons (Fsp3) is 0.167. The van der Waals surface area contributed by atoms with E-state index in [1.807, 2.05) is 0 Å². The van der Waals surface area contributed by atoms with E-state index >= 15 is 0 Å². The molecule has 1 rings (SSSR count). The number of hydrogen-bond donors (Lipinski definition) is 1. The van der Waals surface area contributed by atoms with Crippen LogP contribution in [0.15, 0.2) is 18.3 Å². The fourth-order valence-electron chi connectivity index (χ4n) is 0.577. The Kier molecular flexibility index (Phi) is 2.09. The number of aromatic nitrogens is 1. The van der Waals surface area contributed by atoms with Crippen LogP contribution in [-0.4, -0.2) is 12.0 Å². The molecule has 0 amide bonds. The fourth-order valence-corrected chi connectivity index (χ4v) is 0.688. The summed E-state index contributed by atoms with van der Waals surface area (Å²) in [6.07, 6.45) is 1.56. The third-order valence-corrected chi connectivity index (χ3v) is 1.30. The van der Waals surface area contributed by atoms with Crippen LogP contribution in [0, 0.1) is 0 Å². The van der Waals surface area contributed by atoms with Crippen molar-refractivity contribution in [2.45, 2.75) is 0 Å². The summed E-state index contributed by atoms with van der Waals surface area (Å²) >= 11 is 5.59. The van der Waals surface area contributed by atoms with Crippen LogP contribution in [0.25, 0.3) is 0 Å². The van der Waals surface area contributed by atoms with Crippen molar-refractivity contribution >= 4 is 17.4 Å². The van der Waals surface area contributed by atoms with E-state index in [2.05, 4.69) is 4.98 Å². The maximum atomic E-state index is 5.59. The molecule has 0 atom stereocenters. The van der Waals surface area contributed by atoms with Gasteiger partial charge < -0.3 is 0 Å². The molecule has 0 aromatic carbocycles. The lowest BCUT2D eigenvalue weighted by atomic mass is 10.4. The number of nitrogens with zero attached hydrogens (tertiary/aromatic N) is 2. The highest BCUT2D eigenvalue weighted by Gasteiger charge is 1.94. The van der Waals surface area contributed by atoms with Gasteiger partial charge in [-0.05, 0) is 12.1 Å². The van der Waals surface area contributed by atoms with E-state index in [1.165, 1.54) is 5.01 Å². The van der Waals surface area contributed by atoms with Crippen molar-refractivity contribution in [1.82, 2.24) is 4.98 Å². The highest BCUT2D eigenvalue weighted by atomic mass is 35.5. The summed E-state index contributed by atoms with van der Waals surface area (Å²) in [5.74, 6) is 6.09. The summed E-state index contributed by atoms with van der Waals surface area (Å²) < 4.78 is 0. The van der Waals surface area contributed by atoms with Crippen molar-refractivity contribution in [3.05, 3.63) is 23.4 Å². The molecule has 0 saturated carbocycles.